The van der Waals surface area contributed by atoms with Gasteiger partial charge in [0.1, 0.15) is 34.7 Å². The van der Waals surface area contributed by atoms with Crippen molar-refractivity contribution in [3.05, 3.63) is 35.4 Å². The highest BCUT2D eigenvalue weighted by Gasteiger charge is 2.30. The number of hydrogen-bond acceptors (Lipinski definition) is 6. The van der Waals surface area contributed by atoms with Crippen LogP contribution in [0.3, 0.4) is 0 Å². The van der Waals surface area contributed by atoms with E-state index >= 15 is 0 Å². The van der Waals surface area contributed by atoms with Crippen molar-refractivity contribution in [2.75, 3.05) is 12.8 Å². The van der Waals surface area contributed by atoms with E-state index < -0.39 is 5.82 Å². The molecule has 3 heterocycles. The summed E-state index contributed by atoms with van der Waals surface area (Å²) in [6.45, 7) is 0. The van der Waals surface area contributed by atoms with Gasteiger partial charge in [0.25, 0.3) is 0 Å². The average Bonchev–Trinajstić information content (AvgIpc) is 3.35. The summed E-state index contributed by atoms with van der Waals surface area (Å²) in [6.07, 6.45) is 3.58. The van der Waals surface area contributed by atoms with Crippen LogP contribution in [0.1, 0.15) is 30.0 Å². The lowest BCUT2D eigenvalue weighted by Crippen LogP contribution is -2.05. The Labute approximate surface area is 136 Å². The van der Waals surface area contributed by atoms with Crippen LogP contribution >= 0.6 is 0 Å². The number of nitrogens with two attached hydrogens (primary N) is 1. The minimum absolute atomic E-state index is 0.00151. The molecule has 0 unspecified atom stereocenters. The summed E-state index contributed by atoms with van der Waals surface area (Å²) in [5.74, 6) is 0.353. The van der Waals surface area contributed by atoms with Gasteiger partial charge in [0.05, 0.1) is 18.9 Å². The van der Waals surface area contributed by atoms with Gasteiger partial charge in [-0.15, -0.1) is 0 Å². The number of imidazole rings is 1. The molecule has 1 fully saturated rings. The maximum atomic E-state index is 14.4. The summed E-state index contributed by atoms with van der Waals surface area (Å²) in [5, 5.41) is 13.5. The molecule has 0 amide bonds. The minimum atomic E-state index is -0.645. The van der Waals surface area contributed by atoms with Gasteiger partial charge in [-0.1, -0.05) is 0 Å². The maximum Gasteiger partial charge on any atom is 0.157 e. The van der Waals surface area contributed by atoms with Crippen molar-refractivity contribution in [2.45, 2.75) is 18.8 Å². The van der Waals surface area contributed by atoms with Gasteiger partial charge in [0, 0.05) is 12.0 Å². The van der Waals surface area contributed by atoms with Crippen molar-refractivity contribution in [2.24, 2.45) is 0 Å². The van der Waals surface area contributed by atoms with Gasteiger partial charge < -0.3 is 10.5 Å². The second kappa shape index (κ2) is 5.16. The molecule has 0 aliphatic heterocycles. The molecule has 7 nitrogen and oxygen atoms in total. The Morgan fingerprint density at radius 3 is 2.88 bits per heavy atom. The predicted octanol–water partition coefficient (Wildman–Crippen LogP) is 2.27. The number of nitriles is 1. The molecule has 4 rings (SSSR count). The number of nitrogen functional groups attached to an aromatic ring is 1. The molecule has 3 aromatic heterocycles. The second-order valence-electron chi connectivity index (χ2n) is 5.65. The van der Waals surface area contributed by atoms with Crippen LogP contribution in [0.15, 0.2) is 18.3 Å². The van der Waals surface area contributed by atoms with Gasteiger partial charge in [-0.2, -0.15) is 10.4 Å². The number of pyridine rings is 1. The zero-order chi connectivity index (χ0) is 16.8. The van der Waals surface area contributed by atoms with Crippen molar-refractivity contribution in [1.29, 1.82) is 5.26 Å². The van der Waals surface area contributed by atoms with Gasteiger partial charge >= 0.3 is 0 Å². The number of anilines is 1. The van der Waals surface area contributed by atoms with E-state index in [1.165, 1.54) is 10.7 Å². The third-order valence-electron chi connectivity index (χ3n) is 4.04. The Hall–Kier alpha value is -3.21. The number of nitrogens with zero attached hydrogens (tertiary/aromatic N) is 5. The van der Waals surface area contributed by atoms with Crippen LogP contribution in [-0.2, 0) is 0 Å². The lowest BCUT2D eigenvalue weighted by molar-refractivity contribution is 0.405. The number of rotatable bonds is 3. The molecule has 0 radical (unpaired) electrons. The van der Waals surface area contributed by atoms with E-state index in [0.29, 0.717) is 23.0 Å². The fourth-order valence-electron chi connectivity index (χ4n) is 2.65. The highest BCUT2D eigenvalue weighted by atomic mass is 19.1. The number of aromatic nitrogens is 4. The molecule has 8 heteroatoms. The van der Waals surface area contributed by atoms with Crippen molar-refractivity contribution in [3.8, 4) is 23.2 Å². The van der Waals surface area contributed by atoms with Gasteiger partial charge in [0.15, 0.2) is 11.5 Å². The summed E-state index contributed by atoms with van der Waals surface area (Å²) in [7, 11) is 1.59. The molecule has 1 saturated carbocycles. The van der Waals surface area contributed by atoms with Gasteiger partial charge in [-0.05, 0) is 18.9 Å². The fraction of sp³-hybridized carbons (Fsp3) is 0.250. The molecule has 24 heavy (non-hydrogen) atoms. The first-order chi connectivity index (χ1) is 11.6. The molecule has 3 aromatic rings. The number of methoxy groups -OCH3 is 1. The van der Waals surface area contributed by atoms with E-state index in [1.54, 1.807) is 13.2 Å². The van der Waals surface area contributed by atoms with Crippen LogP contribution in [0.4, 0.5) is 10.2 Å². The molecule has 0 spiro atoms. The molecular weight excluding hydrogens is 311 g/mol. The summed E-state index contributed by atoms with van der Waals surface area (Å²) in [4.78, 5) is 8.26. The number of ether oxygens (including phenoxy) is 1. The van der Waals surface area contributed by atoms with Crippen LogP contribution in [-0.4, -0.2) is 26.7 Å². The van der Waals surface area contributed by atoms with E-state index in [-0.39, 0.29) is 17.1 Å². The average molecular weight is 324 g/mol. The first-order valence-corrected chi connectivity index (χ1v) is 7.41. The molecule has 1 aliphatic rings. The lowest BCUT2D eigenvalue weighted by atomic mass is 10.2. The van der Waals surface area contributed by atoms with Crippen molar-refractivity contribution in [3.63, 3.8) is 0 Å². The van der Waals surface area contributed by atoms with Crippen LogP contribution in [0.25, 0.3) is 17.0 Å². The number of halogens is 1. The molecular formula is C16H13FN6O. The van der Waals surface area contributed by atoms with Gasteiger partial charge in [0.2, 0.25) is 0 Å². The minimum Gasteiger partial charge on any atom is -0.495 e. The first kappa shape index (κ1) is 14.4. The Balaban J connectivity index is 1.93. The third-order valence-corrected chi connectivity index (χ3v) is 4.04. The number of fused-ring (bicyclic) bond motifs is 1. The third kappa shape index (κ3) is 2.13. The summed E-state index contributed by atoms with van der Waals surface area (Å²) in [5.41, 5.74) is 7.45. The molecule has 0 bridgehead atoms. The Morgan fingerprint density at radius 2 is 2.21 bits per heavy atom. The standard InChI is InChI=1S/C16H13FN6O/c1-24-12-5-13-20-7-11(23(13)22-14(12)8-2-3-8)15-10(17)4-9(6-18)16(19)21-15/h4-5,7-8H,2-3H2,1H3,(H2,19,21). The molecule has 0 aromatic carbocycles. The quantitative estimate of drug-likeness (QED) is 0.793. The molecule has 2 N–H and O–H groups in total. The fourth-order valence-corrected chi connectivity index (χ4v) is 2.65. The normalized spacial score (nSPS) is 13.9. The maximum absolute atomic E-state index is 14.4. The highest BCUT2D eigenvalue weighted by molar-refractivity contribution is 5.65. The summed E-state index contributed by atoms with van der Waals surface area (Å²) < 4.78 is 21.3. The zero-order valence-electron chi connectivity index (χ0n) is 12.8. The van der Waals surface area contributed by atoms with E-state index in [0.717, 1.165) is 24.6 Å². The smallest absolute Gasteiger partial charge is 0.157 e. The first-order valence-electron chi connectivity index (χ1n) is 7.41. The summed E-state index contributed by atoms with van der Waals surface area (Å²) >= 11 is 0. The largest absolute Gasteiger partial charge is 0.495 e. The van der Waals surface area contributed by atoms with E-state index in [1.807, 2.05) is 6.07 Å². The molecule has 1 aliphatic carbocycles. The van der Waals surface area contributed by atoms with Crippen LogP contribution < -0.4 is 10.5 Å². The highest BCUT2D eigenvalue weighted by Crippen LogP contribution is 2.43. The molecule has 0 atom stereocenters. The van der Waals surface area contributed by atoms with Crippen LogP contribution in [0.2, 0.25) is 0 Å². The molecule has 120 valence electrons. The van der Waals surface area contributed by atoms with E-state index in [2.05, 4.69) is 15.1 Å². The lowest BCUT2D eigenvalue weighted by Gasteiger charge is -2.09. The Morgan fingerprint density at radius 1 is 1.42 bits per heavy atom. The monoisotopic (exact) mass is 324 g/mol. The van der Waals surface area contributed by atoms with Crippen LogP contribution in [0, 0.1) is 17.1 Å². The van der Waals surface area contributed by atoms with E-state index in [4.69, 9.17) is 15.7 Å². The predicted molar refractivity (Wildman–Crippen MR) is 83.8 cm³/mol. The zero-order valence-corrected chi connectivity index (χ0v) is 12.8. The van der Waals surface area contributed by atoms with Gasteiger partial charge in [-0.25, -0.2) is 18.9 Å². The Kier molecular flexibility index (Phi) is 3.09. The van der Waals surface area contributed by atoms with Crippen molar-refractivity contribution >= 4 is 11.5 Å². The molecule has 0 saturated heterocycles. The van der Waals surface area contributed by atoms with Gasteiger partial charge in [-0.3, -0.25) is 0 Å². The van der Waals surface area contributed by atoms with Crippen LogP contribution in [0.5, 0.6) is 5.75 Å². The topological polar surface area (TPSA) is 102 Å². The van der Waals surface area contributed by atoms with E-state index in [9.17, 15) is 4.39 Å². The SMILES string of the molecule is COc1cc2ncc(-c3nc(N)c(C#N)cc3F)n2nc1C1CC1. The van der Waals surface area contributed by atoms with Crippen molar-refractivity contribution < 1.29 is 9.13 Å². The number of hydrogen-bond donors (Lipinski definition) is 1. The summed E-state index contributed by atoms with van der Waals surface area (Å²) in [6, 6.07) is 4.66. The Bertz CT molecular complexity index is 1000. The second-order valence-corrected chi connectivity index (χ2v) is 5.65. The van der Waals surface area contributed by atoms with Crippen molar-refractivity contribution in [1.82, 2.24) is 19.6 Å².